The van der Waals surface area contributed by atoms with Gasteiger partial charge in [0.2, 0.25) is 5.95 Å². The number of carbonyl (C=O) groups excluding carboxylic acids is 1. The fourth-order valence-corrected chi connectivity index (χ4v) is 3.14. The first-order valence-corrected chi connectivity index (χ1v) is 9.48. The summed E-state index contributed by atoms with van der Waals surface area (Å²) >= 11 is 0. The van der Waals surface area contributed by atoms with Crippen LogP contribution in [0.2, 0.25) is 0 Å². The molecule has 0 bridgehead atoms. The zero-order chi connectivity index (χ0) is 24.7. The Morgan fingerprint density at radius 3 is 2.09 bits per heavy atom. The summed E-state index contributed by atoms with van der Waals surface area (Å²) in [6, 6.07) is 1.88. The molecule has 1 amide bonds. The molecule has 0 aliphatic rings. The summed E-state index contributed by atoms with van der Waals surface area (Å²) in [5.74, 6) is -1.44. The Morgan fingerprint density at radius 2 is 1.61 bits per heavy atom. The number of benzene rings is 1. The maximum absolute atomic E-state index is 13.1. The van der Waals surface area contributed by atoms with Gasteiger partial charge >= 0.3 is 12.4 Å². The highest BCUT2D eigenvalue weighted by Crippen LogP contribution is 2.36. The summed E-state index contributed by atoms with van der Waals surface area (Å²) in [5, 5.41) is 6.32. The van der Waals surface area contributed by atoms with Crippen molar-refractivity contribution in [3.63, 3.8) is 0 Å². The third kappa shape index (κ3) is 5.07. The molecule has 0 saturated heterocycles. The fraction of sp³-hybridized carbons (Fsp3) is 0.300. The van der Waals surface area contributed by atoms with Gasteiger partial charge in [0.05, 0.1) is 16.8 Å². The van der Waals surface area contributed by atoms with E-state index in [1.54, 1.807) is 13.8 Å². The van der Waals surface area contributed by atoms with E-state index in [4.69, 9.17) is 0 Å². The van der Waals surface area contributed by atoms with Gasteiger partial charge in [-0.2, -0.15) is 36.1 Å². The standard InChI is InChI=1S/C20H17F6N5O2/c1-4-14-10(3)27-18(29-17(14)33)31-15(5-9(2)30-31)28-16(32)11-6-12(19(21,22)23)8-13(7-11)20(24,25)26/h5-8H,4H2,1-3H3,(H,28,32)(H,27,29,33). The first-order chi connectivity index (χ1) is 15.2. The van der Waals surface area contributed by atoms with Crippen LogP contribution in [0.25, 0.3) is 5.95 Å². The molecule has 3 aromatic rings. The molecule has 0 spiro atoms. The highest BCUT2D eigenvalue weighted by molar-refractivity contribution is 6.04. The summed E-state index contributed by atoms with van der Waals surface area (Å²) in [6.45, 7) is 4.88. The van der Waals surface area contributed by atoms with Gasteiger partial charge in [0.25, 0.3) is 11.5 Å². The molecule has 3 rings (SSSR count). The molecule has 33 heavy (non-hydrogen) atoms. The average molecular weight is 473 g/mol. The van der Waals surface area contributed by atoms with E-state index in [9.17, 15) is 35.9 Å². The lowest BCUT2D eigenvalue weighted by molar-refractivity contribution is -0.143. The van der Waals surface area contributed by atoms with Crippen LogP contribution in [0.3, 0.4) is 0 Å². The van der Waals surface area contributed by atoms with Gasteiger partial charge < -0.3 is 5.32 Å². The highest BCUT2D eigenvalue weighted by Gasteiger charge is 2.37. The molecule has 0 saturated carbocycles. The molecule has 0 aliphatic carbocycles. The lowest BCUT2D eigenvalue weighted by Gasteiger charge is -2.14. The minimum Gasteiger partial charge on any atom is -0.306 e. The monoisotopic (exact) mass is 473 g/mol. The number of alkyl halides is 6. The Morgan fingerprint density at radius 1 is 1.03 bits per heavy atom. The molecule has 0 fully saturated rings. The van der Waals surface area contributed by atoms with Crippen LogP contribution in [0.5, 0.6) is 0 Å². The van der Waals surface area contributed by atoms with E-state index >= 15 is 0 Å². The van der Waals surface area contributed by atoms with E-state index in [-0.39, 0.29) is 17.8 Å². The maximum Gasteiger partial charge on any atom is 0.416 e. The molecule has 7 nitrogen and oxygen atoms in total. The van der Waals surface area contributed by atoms with Gasteiger partial charge in [0.15, 0.2) is 0 Å². The third-order valence-electron chi connectivity index (χ3n) is 4.69. The Bertz CT molecular complexity index is 1240. The molecule has 2 aromatic heterocycles. The number of H-pyrrole nitrogens is 1. The van der Waals surface area contributed by atoms with E-state index in [0.717, 1.165) is 4.68 Å². The number of amides is 1. The molecule has 0 unspecified atom stereocenters. The summed E-state index contributed by atoms with van der Waals surface area (Å²) in [7, 11) is 0. The molecule has 0 aliphatic heterocycles. The molecule has 1 aromatic carbocycles. The molecule has 2 heterocycles. The highest BCUT2D eigenvalue weighted by atomic mass is 19.4. The fourth-order valence-electron chi connectivity index (χ4n) is 3.14. The van der Waals surface area contributed by atoms with Gasteiger partial charge in [-0.05, 0) is 38.5 Å². The number of aryl methyl sites for hydroxylation is 2. The number of aromatic nitrogens is 4. The number of nitrogens with zero attached hydrogens (tertiary/aromatic N) is 3. The van der Waals surface area contributed by atoms with Crippen molar-refractivity contribution in [1.29, 1.82) is 0 Å². The van der Waals surface area contributed by atoms with Crippen molar-refractivity contribution in [2.75, 3.05) is 5.32 Å². The second kappa shape index (κ2) is 8.37. The van der Waals surface area contributed by atoms with Crippen molar-refractivity contribution in [2.24, 2.45) is 0 Å². The molecular formula is C20H17F6N5O2. The van der Waals surface area contributed by atoms with Crippen LogP contribution < -0.4 is 10.9 Å². The van der Waals surface area contributed by atoms with E-state index in [0.29, 0.717) is 35.5 Å². The quantitative estimate of drug-likeness (QED) is 0.549. The van der Waals surface area contributed by atoms with Crippen LogP contribution in [0.4, 0.5) is 32.2 Å². The second-order valence-electron chi connectivity index (χ2n) is 7.14. The van der Waals surface area contributed by atoms with Crippen LogP contribution >= 0.6 is 0 Å². The van der Waals surface area contributed by atoms with Crippen LogP contribution in [0, 0.1) is 13.8 Å². The van der Waals surface area contributed by atoms with Crippen molar-refractivity contribution in [2.45, 2.75) is 39.5 Å². The average Bonchev–Trinajstić information content (AvgIpc) is 3.06. The van der Waals surface area contributed by atoms with Crippen molar-refractivity contribution in [3.05, 3.63) is 68.3 Å². The third-order valence-corrected chi connectivity index (χ3v) is 4.69. The number of halogens is 6. The zero-order valence-corrected chi connectivity index (χ0v) is 17.4. The van der Waals surface area contributed by atoms with Crippen LogP contribution in [0.15, 0.2) is 29.1 Å². The molecule has 176 valence electrons. The number of aromatic amines is 1. The Labute approximate surface area is 182 Å². The minimum atomic E-state index is -5.10. The van der Waals surface area contributed by atoms with Gasteiger partial charge in [-0.15, -0.1) is 0 Å². The van der Waals surface area contributed by atoms with Crippen LogP contribution in [0.1, 0.15) is 45.4 Å². The maximum atomic E-state index is 13.1. The van der Waals surface area contributed by atoms with Crippen molar-refractivity contribution >= 4 is 11.7 Å². The largest absolute Gasteiger partial charge is 0.416 e. The lowest BCUT2D eigenvalue weighted by Crippen LogP contribution is -2.22. The Kier molecular flexibility index (Phi) is 6.09. The van der Waals surface area contributed by atoms with Gasteiger partial charge in [-0.3, -0.25) is 14.6 Å². The van der Waals surface area contributed by atoms with E-state index in [1.165, 1.54) is 13.0 Å². The predicted octanol–water partition coefficient (Wildman–Crippen LogP) is 4.42. The van der Waals surface area contributed by atoms with Crippen LogP contribution in [-0.4, -0.2) is 25.7 Å². The smallest absolute Gasteiger partial charge is 0.306 e. The normalized spacial score (nSPS) is 12.2. The van der Waals surface area contributed by atoms with E-state index < -0.39 is 40.5 Å². The molecule has 0 radical (unpaired) electrons. The Hall–Kier alpha value is -3.64. The summed E-state index contributed by atoms with van der Waals surface area (Å²) in [5.41, 5.74) is -3.39. The van der Waals surface area contributed by atoms with Crippen molar-refractivity contribution in [1.82, 2.24) is 19.7 Å². The number of nitrogens with one attached hydrogen (secondary N) is 2. The predicted molar refractivity (Wildman–Crippen MR) is 105 cm³/mol. The van der Waals surface area contributed by atoms with Crippen molar-refractivity contribution in [3.8, 4) is 5.95 Å². The molecular weight excluding hydrogens is 456 g/mol. The van der Waals surface area contributed by atoms with Gasteiger partial charge in [-0.1, -0.05) is 6.92 Å². The molecule has 2 N–H and O–H groups in total. The van der Waals surface area contributed by atoms with Gasteiger partial charge in [-0.25, -0.2) is 4.98 Å². The summed E-state index contributed by atoms with van der Waals surface area (Å²) < 4.78 is 79.6. The zero-order valence-electron chi connectivity index (χ0n) is 17.4. The number of carbonyl (C=O) groups is 1. The number of hydrogen-bond donors (Lipinski definition) is 2. The van der Waals surface area contributed by atoms with Gasteiger partial charge in [0.1, 0.15) is 5.82 Å². The van der Waals surface area contributed by atoms with Crippen molar-refractivity contribution < 1.29 is 31.1 Å². The summed E-state index contributed by atoms with van der Waals surface area (Å²) in [6.07, 6.45) is -9.79. The number of anilines is 1. The lowest BCUT2D eigenvalue weighted by atomic mass is 10.0. The van der Waals surface area contributed by atoms with E-state index in [1.807, 2.05) is 0 Å². The summed E-state index contributed by atoms with van der Waals surface area (Å²) in [4.78, 5) is 31.6. The first-order valence-electron chi connectivity index (χ1n) is 9.48. The topological polar surface area (TPSA) is 92.7 Å². The SMILES string of the molecule is CCc1c(C)nc(-n2nc(C)cc2NC(=O)c2cc(C(F)(F)F)cc(C(F)(F)F)c2)[nH]c1=O. The van der Waals surface area contributed by atoms with Crippen LogP contribution in [-0.2, 0) is 18.8 Å². The number of hydrogen-bond acceptors (Lipinski definition) is 4. The first kappa shape index (κ1) is 24.0. The second-order valence-corrected chi connectivity index (χ2v) is 7.14. The van der Waals surface area contributed by atoms with Gasteiger partial charge in [0, 0.05) is 22.9 Å². The molecule has 0 atom stereocenters. The Balaban J connectivity index is 2.04. The minimum absolute atomic E-state index is 0.0715. The van der Waals surface area contributed by atoms with E-state index in [2.05, 4.69) is 20.4 Å². The number of rotatable bonds is 4. The molecule has 13 heteroatoms.